The van der Waals surface area contributed by atoms with E-state index in [0.29, 0.717) is 6.54 Å². The van der Waals surface area contributed by atoms with Crippen molar-refractivity contribution in [2.75, 3.05) is 6.54 Å². The molecule has 1 aliphatic heterocycles. The van der Waals surface area contributed by atoms with Gasteiger partial charge in [-0.3, -0.25) is 14.4 Å². The van der Waals surface area contributed by atoms with Crippen LogP contribution in [0.2, 0.25) is 0 Å². The fourth-order valence-corrected chi connectivity index (χ4v) is 2.52. The monoisotopic (exact) mass is 237 g/mol. The van der Waals surface area contributed by atoms with Crippen LogP contribution in [0.4, 0.5) is 0 Å². The predicted molar refractivity (Wildman–Crippen MR) is 63.6 cm³/mol. The Labute approximate surface area is 101 Å². The number of carboxylic acids is 1. The van der Waals surface area contributed by atoms with Crippen molar-refractivity contribution in [3.8, 4) is 0 Å². The van der Waals surface area contributed by atoms with Crippen molar-refractivity contribution in [2.24, 2.45) is 7.05 Å². The first kappa shape index (κ1) is 12.1. The third kappa shape index (κ3) is 2.07. The fourth-order valence-electron chi connectivity index (χ4n) is 2.52. The Morgan fingerprint density at radius 1 is 1.65 bits per heavy atom. The zero-order valence-corrected chi connectivity index (χ0v) is 10.6. The summed E-state index contributed by atoms with van der Waals surface area (Å²) in [6.07, 6.45) is 3.64. The molecule has 1 fully saturated rings. The van der Waals surface area contributed by atoms with Crippen LogP contribution in [-0.4, -0.2) is 37.8 Å². The van der Waals surface area contributed by atoms with Gasteiger partial charge in [-0.15, -0.1) is 0 Å². The molecule has 5 heteroatoms. The van der Waals surface area contributed by atoms with Crippen molar-refractivity contribution in [1.29, 1.82) is 0 Å². The van der Waals surface area contributed by atoms with Crippen LogP contribution in [-0.2, 0) is 18.4 Å². The topological polar surface area (TPSA) is 58.4 Å². The minimum atomic E-state index is -0.725. The number of aliphatic carboxylic acids is 1. The van der Waals surface area contributed by atoms with E-state index in [4.69, 9.17) is 0 Å². The zero-order chi connectivity index (χ0) is 12.6. The van der Waals surface area contributed by atoms with E-state index in [1.807, 2.05) is 32.0 Å². The molecule has 2 heterocycles. The van der Waals surface area contributed by atoms with Crippen LogP contribution >= 0.6 is 0 Å². The number of nitrogens with zero attached hydrogens (tertiary/aromatic N) is 3. The molecule has 1 aromatic heterocycles. The summed E-state index contributed by atoms with van der Waals surface area (Å²) in [6, 6.07) is 0. The van der Waals surface area contributed by atoms with Gasteiger partial charge in [-0.2, -0.15) is 5.10 Å². The van der Waals surface area contributed by atoms with E-state index >= 15 is 0 Å². The molecule has 17 heavy (non-hydrogen) atoms. The molecule has 5 nitrogen and oxygen atoms in total. The highest BCUT2D eigenvalue weighted by Crippen LogP contribution is 2.31. The van der Waals surface area contributed by atoms with Crippen molar-refractivity contribution in [2.45, 2.75) is 38.8 Å². The minimum Gasteiger partial charge on any atom is -0.480 e. The van der Waals surface area contributed by atoms with Crippen LogP contribution in [0.1, 0.15) is 31.0 Å². The number of hydrogen-bond donors (Lipinski definition) is 1. The number of aryl methyl sites for hydroxylation is 2. The summed E-state index contributed by atoms with van der Waals surface area (Å²) in [6.45, 7) is 5.29. The van der Waals surface area contributed by atoms with Gasteiger partial charge in [0.1, 0.15) is 5.54 Å². The summed E-state index contributed by atoms with van der Waals surface area (Å²) < 4.78 is 1.78. The second kappa shape index (κ2) is 4.14. The molecule has 0 radical (unpaired) electrons. The molecule has 1 saturated heterocycles. The fraction of sp³-hybridized carbons (Fsp3) is 0.667. The highest BCUT2D eigenvalue weighted by atomic mass is 16.4. The molecular weight excluding hydrogens is 218 g/mol. The lowest BCUT2D eigenvalue weighted by Crippen LogP contribution is -2.47. The predicted octanol–water partition coefficient (Wildman–Crippen LogP) is 1.17. The number of likely N-dealkylation sites (tertiary alicyclic amines) is 1. The van der Waals surface area contributed by atoms with E-state index in [9.17, 15) is 9.90 Å². The Hall–Kier alpha value is -1.36. The van der Waals surface area contributed by atoms with Crippen LogP contribution < -0.4 is 0 Å². The van der Waals surface area contributed by atoms with Crippen LogP contribution in [0.5, 0.6) is 0 Å². The van der Waals surface area contributed by atoms with Crippen molar-refractivity contribution in [3.63, 3.8) is 0 Å². The first-order chi connectivity index (χ1) is 7.93. The van der Waals surface area contributed by atoms with Gasteiger partial charge >= 0.3 is 5.97 Å². The highest BCUT2D eigenvalue weighted by molar-refractivity contribution is 5.78. The maximum Gasteiger partial charge on any atom is 0.323 e. The summed E-state index contributed by atoms with van der Waals surface area (Å²) in [5.41, 5.74) is 1.37. The average Bonchev–Trinajstić information content (AvgIpc) is 2.74. The van der Waals surface area contributed by atoms with Gasteiger partial charge in [0.25, 0.3) is 0 Å². The Kier molecular flexibility index (Phi) is 2.95. The van der Waals surface area contributed by atoms with E-state index in [1.165, 1.54) is 0 Å². The maximum absolute atomic E-state index is 11.4. The van der Waals surface area contributed by atoms with Crippen molar-refractivity contribution in [3.05, 3.63) is 17.5 Å². The summed E-state index contributed by atoms with van der Waals surface area (Å²) in [7, 11) is 1.89. The quantitative estimate of drug-likeness (QED) is 0.857. The minimum absolute atomic E-state index is 0.669. The van der Waals surface area contributed by atoms with Crippen molar-refractivity contribution in [1.82, 2.24) is 14.7 Å². The van der Waals surface area contributed by atoms with Crippen LogP contribution in [0.25, 0.3) is 0 Å². The molecule has 2 rings (SSSR count). The van der Waals surface area contributed by atoms with Gasteiger partial charge in [0.15, 0.2) is 0 Å². The smallest absolute Gasteiger partial charge is 0.323 e. The normalized spacial score (nSPS) is 25.4. The highest BCUT2D eigenvalue weighted by Gasteiger charge is 2.43. The van der Waals surface area contributed by atoms with E-state index in [-0.39, 0.29) is 0 Å². The first-order valence-corrected chi connectivity index (χ1v) is 5.91. The molecule has 1 atom stereocenters. The van der Waals surface area contributed by atoms with Crippen LogP contribution in [0, 0.1) is 6.92 Å². The molecule has 0 spiro atoms. The first-order valence-electron chi connectivity index (χ1n) is 5.91. The largest absolute Gasteiger partial charge is 0.480 e. The Bertz CT molecular complexity index is 441. The second-order valence-electron chi connectivity index (χ2n) is 5.02. The third-order valence-electron chi connectivity index (χ3n) is 3.73. The molecule has 1 unspecified atom stereocenters. The SMILES string of the molecule is Cc1nn(C)cc1CN1CCCC1(C)C(=O)O. The molecule has 1 N–H and O–H groups in total. The molecule has 0 amide bonds. The van der Waals surface area contributed by atoms with Gasteiger partial charge in [0, 0.05) is 25.4 Å². The van der Waals surface area contributed by atoms with Gasteiger partial charge < -0.3 is 5.11 Å². The molecule has 94 valence electrons. The third-order valence-corrected chi connectivity index (χ3v) is 3.73. The van der Waals surface area contributed by atoms with Crippen LogP contribution in [0.3, 0.4) is 0 Å². The Morgan fingerprint density at radius 2 is 2.35 bits per heavy atom. The standard InChI is InChI=1S/C12H19N3O2/c1-9-10(7-14(3)13-9)8-15-6-4-5-12(15,2)11(16)17/h7H,4-6,8H2,1-3H3,(H,16,17). The van der Waals surface area contributed by atoms with E-state index < -0.39 is 11.5 Å². The number of carboxylic acid groups (broad SMARTS) is 1. The van der Waals surface area contributed by atoms with Gasteiger partial charge in [-0.25, -0.2) is 0 Å². The number of rotatable bonds is 3. The number of carbonyl (C=O) groups is 1. The summed E-state index contributed by atoms with van der Waals surface area (Å²) in [4.78, 5) is 13.4. The molecular formula is C12H19N3O2. The number of aromatic nitrogens is 2. The Balaban J connectivity index is 2.19. The van der Waals surface area contributed by atoms with E-state index in [2.05, 4.69) is 5.10 Å². The molecule has 0 aliphatic carbocycles. The molecule has 0 aromatic carbocycles. The van der Waals surface area contributed by atoms with Gasteiger partial charge in [0.05, 0.1) is 5.69 Å². The summed E-state index contributed by atoms with van der Waals surface area (Å²) in [5, 5.41) is 13.6. The second-order valence-corrected chi connectivity index (χ2v) is 5.02. The summed E-state index contributed by atoms with van der Waals surface area (Å²) in [5.74, 6) is -0.725. The van der Waals surface area contributed by atoms with Crippen molar-refractivity contribution >= 4 is 5.97 Å². The van der Waals surface area contributed by atoms with Crippen LogP contribution in [0.15, 0.2) is 6.20 Å². The lowest BCUT2D eigenvalue weighted by Gasteiger charge is -2.30. The Morgan fingerprint density at radius 3 is 2.88 bits per heavy atom. The van der Waals surface area contributed by atoms with Crippen molar-refractivity contribution < 1.29 is 9.90 Å². The lowest BCUT2D eigenvalue weighted by molar-refractivity contribution is -0.148. The van der Waals surface area contributed by atoms with E-state index in [1.54, 1.807) is 4.68 Å². The lowest BCUT2D eigenvalue weighted by atomic mass is 9.99. The van der Waals surface area contributed by atoms with Gasteiger partial charge in [-0.05, 0) is 33.2 Å². The zero-order valence-electron chi connectivity index (χ0n) is 10.6. The van der Waals surface area contributed by atoms with Gasteiger partial charge in [0.2, 0.25) is 0 Å². The van der Waals surface area contributed by atoms with Gasteiger partial charge in [-0.1, -0.05) is 0 Å². The maximum atomic E-state index is 11.4. The molecule has 1 aromatic rings. The van der Waals surface area contributed by atoms with E-state index in [0.717, 1.165) is 30.6 Å². The number of hydrogen-bond acceptors (Lipinski definition) is 3. The average molecular weight is 237 g/mol. The molecule has 0 bridgehead atoms. The molecule has 0 saturated carbocycles. The summed E-state index contributed by atoms with van der Waals surface area (Å²) >= 11 is 0. The molecule has 1 aliphatic rings.